The Morgan fingerprint density at radius 3 is 2.56 bits per heavy atom. The lowest BCUT2D eigenvalue weighted by Crippen LogP contribution is -2.43. The molecule has 4 rings (SSSR count). The molecule has 1 saturated carbocycles. The number of alkyl halides is 2. The van der Waals surface area contributed by atoms with Crippen LogP contribution in [0.5, 0.6) is 0 Å². The van der Waals surface area contributed by atoms with Crippen molar-refractivity contribution in [1.82, 2.24) is 4.90 Å². The molecule has 1 aromatic rings. The van der Waals surface area contributed by atoms with Crippen molar-refractivity contribution in [2.45, 2.75) is 57.0 Å². The predicted molar refractivity (Wildman–Crippen MR) is 94.8 cm³/mol. The van der Waals surface area contributed by atoms with Crippen molar-refractivity contribution >= 4 is 17.3 Å². The summed E-state index contributed by atoms with van der Waals surface area (Å²) in [5.41, 5.74) is 2.90. The van der Waals surface area contributed by atoms with Gasteiger partial charge in [0.2, 0.25) is 0 Å². The van der Waals surface area contributed by atoms with Gasteiger partial charge in [-0.25, -0.2) is 13.2 Å². The maximum Gasteiger partial charge on any atom is 0.255 e. The molecule has 142 valence electrons. The van der Waals surface area contributed by atoms with Crippen LogP contribution in [0, 0.1) is 5.82 Å². The topological polar surface area (TPSA) is 37.4 Å². The molecule has 1 aliphatic heterocycles. The van der Waals surface area contributed by atoms with Gasteiger partial charge in [0.05, 0.1) is 6.04 Å². The van der Waals surface area contributed by atoms with Crippen molar-refractivity contribution in [3.8, 4) is 0 Å². The first-order valence-electron chi connectivity index (χ1n) is 9.15. The zero-order valence-corrected chi connectivity index (χ0v) is 14.9. The smallest absolute Gasteiger partial charge is 0.255 e. The molecule has 6 heteroatoms. The molecule has 0 saturated heterocycles. The molecule has 1 heterocycles. The van der Waals surface area contributed by atoms with Crippen LogP contribution in [0.2, 0.25) is 0 Å². The van der Waals surface area contributed by atoms with Crippen LogP contribution in [0.4, 0.5) is 13.2 Å². The van der Waals surface area contributed by atoms with Crippen molar-refractivity contribution in [3.05, 3.63) is 52.9 Å². The summed E-state index contributed by atoms with van der Waals surface area (Å²) in [6.45, 7) is 4.05. The van der Waals surface area contributed by atoms with Crippen LogP contribution in [-0.4, -0.2) is 28.6 Å². The molecule has 1 aromatic carbocycles. The Bertz CT molecular complexity index is 888. The van der Waals surface area contributed by atoms with Gasteiger partial charge in [0, 0.05) is 31.4 Å². The van der Waals surface area contributed by atoms with Crippen LogP contribution in [0.3, 0.4) is 0 Å². The van der Waals surface area contributed by atoms with Crippen molar-refractivity contribution < 1.29 is 22.8 Å². The van der Waals surface area contributed by atoms with Crippen LogP contribution in [0.25, 0.3) is 5.57 Å². The third-order valence-corrected chi connectivity index (χ3v) is 5.73. The summed E-state index contributed by atoms with van der Waals surface area (Å²) in [6.07, 6.45) is 2.37. The summed E-state index contributed by atoms with van der Waals surface area (Å²) in [5.74, 6) is -3.72. The quantitative estimate of drug-likeness (QED) is 0.705. The molecular weight excluding hydrogens is 355 g/mol. The Balaban J connectivity index is 1.68. The van der Waals surface area contributed by atoms with E-state index in [1.54, 1.807) is 0 Å². The van der Waals surface area contributed by atoms with Gasteiger partial charge < -0.3 is 4.90 Å². The van der Waals surface area contributed by atoms with E-state index in [1.807, 2.05) is 0 Å². The fourth-order valence-electron chi connectivity index (χ4n) is 4.26. The van der Waals surface area contributed by atoms with E-state index < -0.39 is 17.8 Å². The Labute approximate surface area is 155 Å². The number of halogens is 3. The number of ketones is 1. The van der Waals surface area contributed by atoms with Crippen LogP contribution >= 0.6 is 0 Å². The van der Waals surface area contributed by atoms with E-state index in [4.69, 9.17) is 0 Å². The lowest BCUT2D eigenvalue weighted by Gasteiger charge is -2.30. The van der Waals surface area contributed by atoms with Crippen LogP contribution < -0.4 is 0 Å². The molecule has 3 aliphatic rings. The summed E-state index contributed by atoms with van der Waals surface area (Å²) in [6, 6.07) is 1.97. The second-order valence-corrected chi connectivity index (χ2v) is 7.65. The number of carbonyl (C=O) groups is 2. The van der Waals surface area contributed by atoms with E-state index in [0.717, 1.165) is 5.57 Å². The third kappa shape index (κ3) is 3.22. The van der Waals surface area contributed by atoms with E-state index >= 15 is 0 Å². The number of carbonyl (C=O) groups excluding carboxylic acids is 2. The number of benzene rings is 1. The van der Waals surface area contributed by atoms with Gasteiger partial charge in [-0.05, 0) is 48.1 Å². The molecule has 3 nitrogen and oxygen atoms in total. The monoisotopic (exact) mass is 375 g/mol. The fourth-order valence-corrected chi connectivity index (χ4v) is 4.26. The number of nitrogens with zero attached hydrogens (tertiary/aromatic N) is 1. The van der Waals surface area contributed by atoms with Crippen LogP contribution in [0.15, 0.2) is 30.4 Å². The van der Waals surface area contributed by atoms with Gasteiger partial charge >= 0.3 is 0 Å². The maximum absolute atomic E-state index is 14.2. The highest BCUT2D eigenvalue weighted by molar-refractivity contribution is 6.03. The summed E-state index contributed by atoms with van der Waals surface area (Å²) >= 11 is 0. The number of Topliss-reactive ketones (excluding diaryl/α,β-unsaturated/α-hetero) is 1. The highest BCUT2D eigenvalue weighted by Crippen LogP contribution is 2.40. The molecule has 1 unspecified atom stereocenters. The summed E-state index contributed by atoms with van der Waals surface area (Å²) < 4.78 is 41.1. The second kappa shape index (κ2) is 6.36. The van der Waals surface area contributed by atoms with E-state index in [9.17, 15) is 22.8 Å². The molecular formula is C21H20F3NO2. The molecule has 1 amide bonds. The predicted octanol–water partition coefficient (Wildman–Crippen LogP) is 4.66. The van der Waals surface area contributed by atoms with Crippen LogP contribution in [-0.2, 0) is 11.3 Å². The third-order valence-electron chi connectivity index (χ3n) is 5.73. The first kappa shape index (κ1) is 18.0. The second-order valence-electron chi connectivity index (χ2n) is 7.65. The summed E-state index contributed by atoms with van der Waals surface area (Å²) in [7, 11) is 0. The van der Waals surface area contributed by atoms with Gasteiger partial charge in [0.15, 0.2) is 5.78 Å². The fraction of sp³-hybridized carbons (Fsp3) is 0.429. The maximum atomic E-state index is 14.2. The summed E-state index contributed by atoms with van der Waals surface area (Å²) in [4.78, 5) is 26.7. The zero-order valence-electron chi connectivity index (χ0n) is 14.9. The average molecular weight is 375 g/mol. The molecule has 0 radical (unpaired) electrons. The van der Waals surface area contributed by atoms with E-state index in [1.165, 1.54) is 23.1 Å². The van der Waals surface area contributed by atoms with E-state index in [0.29, 0.717) is 29.5 Å². The van der Waals surface area contributed by atoms with Crippen molar-refractivity contribution in [3.63, 3.8) is 0 Å². The minimum absolute atomic E-state index is 0.0500. The number of amides is 1. The summed E-state index contributed by atoms with van der Waals surface area (Å²) in [5, 5.41) is 0. The molecule has 0 spiro atoms. The zero-order chi connectivity index (χ0) is 19.3. The number of rotatable bonds is 2. The van der Waals surface area contributed by atoms with Gasteiger partial charge in [0.25, 0.3) is 11.8 Å². The first-order chi connectivity index (χ1) is 12.7. The highest BCUT2D eigenvalue weighted by atomic mass is 19.3. The van der Waals surface area contributed by atoms with E-state index in [2.05, 4.69) is 6.58 Å². The van der Waals surface area contributed by atoms with Gasteiger partial charge in [-0.15, -0.1) is 0 Å². The lowest BCUT2D eigenvalue weighted by atomic mass is 9.88. The first-order valence-corrected chi connectivity index (χ1v) is 9.15. The SMILES string of the molecule is C=C1CCC(N2Cc3c(cc(F)cc3C3=CCC(F)(F)CC3)C2=O)C(=O)C1. The Kier molecular flexibility index (Phi) is 4.24. The molecule has 1 fully saturated rings. The molecule has 0 N–H and O–H groups in total. The highest BCUT2D eigenvalue weighted by Gasteiger charge is 2.40. The molecule has 0 bridgehead atoms. The minimum Gasteiger partial charge on any atom is -0.324 e. The minimum atomic E-state index is -2.74. The molecule has 0 aromatic heterocycles. The number of fused-ring (bicyclic) bond motifs is 1. The Morgan fingerprint density at radius 2 is 1.89 bits per heavy atom. The van der Waals surface area contributed by atoms with Gasteiger partial charge in [0.1, 0.15) is 5.82 Å². The van der Waals surface area contributed by atoms with Crippen molar-refractivity contribution in [2.75, 3.05) is 0 Å². The van der Waals surface area contributed by atoms with Gasteiger partial charge in [-0.1, -0.05) is 18.2 Å². The van der Waals surface area contributed by atoms with E-state index in [-0.39, 0.29) is 49.5 Å². The number of allylic oxidation sites excluding steroid dienone is 3. The average Bonchev–Trinajstić information content (AvgIpc) is 2.91. The Hall–Kier alpha value is -2.37. The normalized spacial score (nSPS) is 24.9. The number of hydrogen-bond donors (Lipinski definition) is 0. The molecule has 27 heavy (non-hydrogen) atoms. The molecule has 2 aliphatic carbocycles. The standard InChI is InChI=1S/C21H20F3NO2/c1-12-2-3-18(19(26)8-12)25-11-17-15(9-14(22)10-16(17)20(25)27)13-4-6-21(23,24)7-5-13/h4,9-10,18H,1-3,5-8,11H2. The lowest BCUT2D eigenvalue weighted by molar-refractivity contribution is -0.124. The van der Waals surface area contributed by atoms with Gasteiger partial charge in [-0.2, -0.15) is 0 Å². The van der Waals surface area contributed by atoms with Crippen LogP contribution in [0.1, 0.15) is 60.0 Å². The van der Waals surface area contributed by atoms with Crippen molar-refractivity contribution in [2.24, 2.45) is 0 Å². The number of hydrogen-bond acceptors (Lipinski definition) is 2. The Morgan fingerprint density at radius 1 is 1.15 bits per heavy atom. The van der Waals surface area contributed by atoms with Crippen molar-refractivity contribution in [1.29, 1.82) is 0 Å². The van der Waals surface area contributed by atoms with Gasteiger partial charge in [-0.3, -0.25) is 9.59 Å². The largest absolute Gasteiger partial charge is 0.324 e. The molecule has 1 atom stereocenters.